The maximum absolute atomic E-state index is 8.67. The summed E-state index contributed by atoms with van der Waals surface area (Å²) in [5, 5.41) is 2.17. The molecule has 0 amide bonds. The molecule has 11 aromatic rings. The van der Waals surface area contributed by atoms with Gasteiger partial charge in [-0.15, -0.1) is 0 Å². The fraction of sp³-hybridized carbons (Fsp3) is 0.143. The third-order valence-electron chi connectivity index (χ3n) is 13.8. The molecule has 1 aliphatic rings. The van der Waals surface area contributed by atoms with Crippen LogP contribution in [0.15, 0.2) is 194 Å². The van der Waals surface area contributed by atoms with Gasteiger partial charge in [-0.1, -0.05) is 30.3 Å². The molecule has 1 aliphatic carbocycles. The molecule has 0 spiro atoms. The predicted molar refractivity (Wildman–Crippen MR) is 281 cm³/mol. The number of benzene rings is 8. The molecule has 340 valence electrons. The summed E-state index contributed by atoms with van der Waals surface area (Å²) >= 11 is 2.50. The van der Waals surface area contributed by atoms with Gasteiger partial charge in [0.25, 0.3) is 0 Å². The molecular formula is C63H52N4OPt. The molecule has 0 bridgehead atoms. The van der Waals surface area contributed by atoms with E-state index in [1.54, 1.807) is 12.3 Å². The Hall–Kier alpha value is -7.33. The second-order valence-electron chi connectivity index (χ2n) is 19.2. The SMILES string of the molecule is [2H]C([2H])([2H])c1cc(-n2c3cc(Oc4cccc(-n5[c](=[Pt])n(-c6c(-c7ccccc7)cc(C(C)(C)C)cc6-c6ccccc6)c6ccccc65)c4)ccc3c3cc4c(cc32)CCCC4)ncc1-c1ccccc1. The number of hydrogen-bond donors (Lipinski definition) is 0. The number of hydrogen-bond acceptors (Lipinski definition) is 2. The summed E-state index contributed by atoms with van der Waals surface area (Å²) in [5.41, 5.74) is 16.3. The molecule has 3 heterocycles. The first kappa shape index (κ1) is 39.6. The van der Waals surface area contributed by atoms with E-state index in [9.17, 15) is 0 Å². The van der Waals surface area contributed by atoms with E-state index in [4.69, 9.17) is 13.8 Å². The topological polar surface area (TPSA) is 36.9 Å². The van der Waals surface area contributed by atoms with Gasteiger partial charge >= 0.3 is 320 Å². The van der Waals surface area contributed by atoms with Crippen molar-refractivity contribution in [2.24, 2.45) is 0 Å². The number of ether oxygens (including phenoxy) is 1. The van der Waals surface area contributed by atoms with E-state index in [0.717, 1.165) is 95.1 Å². The van der Waals surface area contributed by atoms with Gasteiger partial charge in [-0.25, -0.2) is 0 Å². The third-order valence-corrected chi connectivity index (χ3v) is 14.8. The molecule has 0 radical (unpaired) electrons. The van der Waals surface area contributed by atoms with Crippen LogP contribution in [0.3, 0.4) is 0 Å². The number of fused-ring (bicyclic) bond motifs is 5. The molecule has 6 heteroatoms. The molecular weight excluding hydrogens is 1020 g/mol. The van der Waals surface area contributed by atoms with Gasteiger partial charge in [0.15, 0.2) is 0 Å². The maximum atomic E-state index is 8.67. The van der Waals surface area contributed by atoms with Crippen LogP contribution < -0.4 is 4.74 Å². The Morgan fingerprint density at radius 2 is 1.10 bits per heavy atom. The molecule has 5 nitrogen and oxygen atoms in total. The van der Waals surface area contributed by atoms with Crippen molar-refractivity contribution in [3.05, 3.63) is 220 Å². The van der Waals surface area contributed by atoms with Crippen LogP contribution in [0.4, 0.5) is 0 Å². The Bertz CT molecular complexity index is 3880. The van der Waals surface area contributed by atoms with Crippen molar-refractivity contribution in [2.75, 3.05) is 0 Å². The van der Waals surface area contributed by atoms with Gasteiger partial charge in [-0.2, -0.15) is 0 Å². The molecule has 0 aliphatic heterocycles. The molecule has 0 unspecified atom stereocenters. The molecule has 69 heavy (non-hydrogen) atoms. The van der Waals surface area contributed by atoms with E-state index in [1.165, 1.54) is 23.1 Å². The van der Waals surface area contributed by atoms with E-state index in [-0.39, 0.29) is 11.0 Å². The Morgan fingerprint density at radius 3 is 1.74 bits per heavy atom. The minimum absolute atomic E-state index is 0.0905. The molecule has 0 saturated heterocycles. The van der Waals surface area contributed by atoms with Gasteiger partial charge in [0.05, 0.1) is 0 Å². The minimum Gasteiger partial charge on any atom is -0.0622 e. The Morgan fingerprint density at radius 1 is 0.522 bits per heavy atom. The van der Waals surface area contributed by atoms with Crippen molar-refractivity contribution in [1.29, 1.82) is 0 Å². The second kappa shape index (κ2) is 17.3. The zero-order chi connectivity index (χ0) is 49.3. The monoisotopic (exact) mass is 1080 g/mol. The van der Waals surface area contributed by atoms with Crippen LogP contribution in [-0.2, 0) is 37.6 Å². The predicted octanol–water partition coefficient (Wildman–Crippen LogP) is 16.3. The van der Waals surface area contributed by atoms with E-state index in [2.05, 4.69) is 193 Å². The normalized spacial score (nSPS) is 13.6. The van der Waals surface area contributed by atoms with E-state index < -0.39 is 6.85 Å². The van der Waals surface area contributed by atoms with E-state index in [1.807, 2.05) is 42.5 Å². The van der Waals surface area contributed by atoms with E-state index >= 15 is 0 Å². The van der Waals surface area contributed by atoms with Crippen LogP contribution in [0.25, 0.3) is 83.4 Å². The van der Waals surface area contributed by atoms with Crippen molar-refractivity contribution in [3.8, 4) is 62.1 Å². The summed E-state index contributed by atoms with van der Waals surface area (Å²) < 4.78 is 40.8. The van der Waals surface area contributed by atoms with Gasteiger partial charge in [0, 0.05) is 15.9 Å². The van der Waals surface area contributed by atoms with Crippen LogP contribution in [0.5, 0.6) is 11.5 Å². The van der Waals surface area contributed by atoms with Crippen LogP contribution >= 0.6 is 0 Å². The number of nitrogens with zero attached hydrogens (tertiary/aromatic N) is 4. The quantitative estimate of drug-likeness (QED) is 0.152. The summed E-state index contributed by atoms with van der Waals surface area (Å²) in [6.07, 6.45) is 6.10. The summed E-state index contributed by atoms with van der Waals surface area (Å²) in [5.74, 6) is 1.90. The van der Waals surface area contributed by atoms with E-state index in [0.29, 0.717) is 22.9 Å². The van der Waals surface area contributed by atoms with Gasteiger partial charge in [-0.3, -0.25) is 0 Å². The van der Waals surface area contributed by atoms with Crippen molar-refractivity contribution in [3.63, 3.8) is 0 Å². The Kier molecular flexibility index (Phi) is 9.95. The number of imidazole rings is 1. The smallest absolute Gasteiger partial charge is 0.0622 e. The molecule has 3 aromatic heterocycles. The number of aromatic nitrogens is 4. The summed E-state index contributed by atoms with van der Waals surface area (Å²) in [7, 11) is 0. The van der Waals surface area contributed by atoms with Crippen LogP contribution in [0.1, 0.15) is 60.0 Å². The van der Waals surface area contributed by atoms with Crippen LogP contribution in [-0.4, -0.2) is 18.7 Å². The van der Waals surface area contributed by atoms with Crippen LogP contribution in [0.2, 0.25) is 0 Å². The standard InChI is InChI=1S/C63H52N4O.Pt/c1-42-33-61(64-40-56(42)45-23-12-7-13-24-45)67-59-35-47-26-15-14-25-46(47)34-55(59)52-32-31-51(39-60(52)67)68-50-28-18-27-49(38-50)65-41-66(58-30-17-16-29-57(58)65)62-53(43-19-8-5-9-20-43)36-48(63(2,3)4)37-54(62)44-21-10-6-11-22-44;/h5-13,16-24,27-40H,14-15,25-26H2,1-4H3;/i1D3;. The fourth-order valence-corrected chi connectivity index (χ4v) is 11.4. The minimum atomic E-state index is -2.37. The van der Waals surface area contributed by atoms with Crippen molar-refractivity contribution in [2.45, 2.75) is 58.7 Å². The van der Waals surface area contributed by atoms with Crippen molar-refractivity contribution in [1.82, 2.24) is 18.7 Å². The average Bonchev–Trinajstić information content (AvgIpc) is 3.87. The van der Waals surface area contributed by atoms with Gasteiger partial charge in [0.1, 0.15) is 0 Å². The molecule has 0 saturated carbocycles. The number of rotatable bonds is 8. The van der Waals surface area contributed by atoms with Gasteiger partial charge in [0.2, 0.25) is 0 Å². The molecule has 0 N–H and O–H groups in total. The first-order valence-electron chi connectivity index (χ1n) is 25.3. The first-order valence-corrected chi connectivity index (χ1v) is 24.9. The summed E-state index contributed by atoms with van der Waals surface area (Å²) in [6.45, 7) is 4.49. The third kappa shape index (κ3) is 7.70. The second-order valence-corrected chi connectivity index (χ2v) is 20.2. The fourth-order valence-electron chi connectivity index (χ4n) is 10.3. The Balaban J connectivity index is 1.01. The van der Waals surface area contributed by atoms with Crippen molar-refractivity contribution >= 4 is 32.8 Å². The van der Waals surface area contributed by atoms with Gasteiger partial charge in [-0.05, 0) is 54.8 Å². The van der Waals surface area contributed by atoms with Crippen LogP contribution in [0, 0.1) is 10.7 Å². The Labute approximate surface area is 418 Å². The van der Waals surface area contributed by atoms with Gasteiger partial charge < -0.3 is 0 Å². The zero-order valence-corrected chi connectivity index (χ0v) is 41.1. The zero-order valence-electron chi connectivity index (χ0n) is 41.8. The average molecular weight is 1080 g/mol. The molecule has 0 fully saturated rings. The van der Waals surface area contributed by atoms with Crippen molar-refractivity contribution < 1.29 is 28.2 Å². The number of aryl methyl sites for hydroxylation is 3. The molecule has 12 rings (SSSR count). The number of para-hydroxylation sites is 2. The summed E-state index contributed by atoms with van der Waals surface area (Å²) in [4.78, 5) is 5.03. The molecule has 0 atom stereocenters. The first-order chi connectivity index (χ1) is 34.9. The molecule has 8 aromatic carbocycles. The summed E-state index contributed by atoms with van der Waals surface area (Å²) in [6, 6.07) is 65.5. The number of pyridine rings is 1.